The number of piperazine rings is 1. The molecule has 2 aromatic rings. The maximum atomic E-state index is 13.8. The minimum Gasteiger partial charge on any atom is -0.494 e. The van der Waals surface area contributed by atoms with Crippen molar-refractivity contribution in [2.75, 3.05) is 26.7 Å². The van der Waals surface area contributed by atoms with Crippen molar-refractivity contribution in [2.24, 2.45) is 0 Å². The number of methoxy groups -OCH3 is 1. The first-order valence-electron chi connectivity index (χ1n) is 8.41. The van der Waals surface area contributed by atoms with Crippen molar-refractivity contribution in [1.29, 1.82) is 0 Å². The van der Waals surface area contributed by atoms with Gasteiger partial charge in [-0.05, 0) is 35.7 Å². The molecule has 140 valence electrons. The van der Waals surface area contributed by atoms with E-state index in [0.717, 1.165) is 17.7 Å². The molecule has 1 fully saturated rings. The predicted molar refractivity (Wildman–Crippen MR) is 100 cm³/mol. The molecular formula is C19H23ClFN3O2. The van der Waals surface area contributed by atoms with Gasteiger partial charge in [0.1, 0.15) is 0 Å². The fourth-order valence-corrected chi connectivity index (χ4v) is 3.13. The molecule has 1 atom stereocenters. The minimum absolute atomic E-state index is 0. The summed E-state index contributed by atoms with van der Waals surface area (Å²) in [6.07, 6.45) is 4.38. The quantitative estimate of drug-likeness (QED) is 0.868. The second-order valence-electron chi connectivity index (χ2n) is 6.06. The molecule has 0 spiro atoms. The molecule has 0 saturated carbocycles. The average Bonchev–Trinajstić information content (AvgIpc) is 2.67. The summed E-state index contributed by atoms with van der Waals surface area (Å²) in [5, 5.41) is 3.33. The van der Waals surface area contributed by atoms with E-state index in [9.17, 15) is 9.18 Å². The van der Waals surface area contributed by atoms with Crippen LogP contribution in [0, 0.1) is 5.82 Å². The summed E-state index contributed by atoms with van der Waals surface area (Å²) in [6, 6.07) is 8.69. The van der Waals surface area contributed by atoms with Gasteiger partial charge in [-0.2, -0.15) is 0 Å². The molecule has 7 heteroatoms. The summed E-state index contributed by atoms with van der Waals surface area (Å²) in [4.78, 5) is 18.8. The summed E-state index contributed by atoms with van der Waals surface area (Å²) >= 11 is 0. The third-order valence-electron chi connectivity index (χ3n) is 4.48. The summed E-state index contributed by atoms with van der Waals surface area (Å²) in [7, 11) is 1.44. The third kappa shape index (κ3) is 4.71. The molecule has 0 aliphatic carbocycles. The number of carbonyl (C=O) groups is 1. The zero-order valence-corrected chi connectivity index (χ0v) is 15.5. The Hall–Kier alpha value is -2.18. The number of hydrogen-bond acceptors (Lipinski definition) is 4. The van der Waals surface area contributed by atoms with Crippen molar-refractivity contribution in [1.82, 2.24) is 15.2 Å². The number of hydrogen-bond donors (Lipinski definition) is 1. The van der Waals surface area contributed by atoms with Crippen molar-refractivity contribution < 1.29 is 13.9 Å². The number of rotatable bonds is 5. The summed E-state index contributed by atoms with van der Waals surface area (Å²) in [6.45, 7) is 2.16. The van der Waals surface area contributed by atoms with Crippen LogP contribution in [0.15, 0.2) is 42.7 Å². The first kappa shape index (κ1) is 20.1. The third-order valence-corrected chi connectivity index (χ3v) is 4.48. The number of pyridine rings is 1. The van der Waals surface area contributed by atoms with E-state index >= 15 is 0 Å². The Kier molecular flexibility index (Phi) is 7.36. The molecule has 3 rings (SSSR count). The largest absolute Gasteiger partial charge is 0.494 e. The maximum Gasteiger partial charge on any atom is 0.223 e. The van der Waals surface area contributed by atoms with E-state index in [1.807, 2.05) is 17.0 Å². The molecule has 1 aromatic heterocycles. The maximum absolute atomic E-state index is 13.8. The highest BCUT2D eigenvalue weighted by Gasteiger charge is 2.27. The Bertz CT molecular complexity index is 730. The average molecular weight is 380 g/mol. The van der Waals surface area contributed by atoms with Crippen LogP contribution in [-0.4, -0.2) is 42.5 Å². The molecule has 1 saturated heterocycles. The van der Waals surface area contributed by atoms with Crippen molar-refractivity contribution in [3.63, 3.8) is 0 Å². The number of aryl methyl sites for hydroxylation is 1. The summed E-state index contributed by atoms with van der Waals surface area (Å²) < 4.78 is 18.7. The van der Waals surface area contributed by atoms with Gasteiger partial charge < -0.3 is 15.0 Å². The van der Waals surface area contributed by atoms with Gasteiger partial charge in [-0.3, -0.25) is 9.78 Å². The molecule has 1 aromatic carbocycles. The second-order valence-corrected chi connectivity index (χ2v) is 6.06. The van der Waals surface area contributed by atoms with E-state index < -0.39 is 5.82 Å². The van der Waals surface area contributed by atoms with E-state index in [-0.39, 0.29) is 30.1 Å². The molecule has 5 nitrogen and oxygen atoms in total. The molecule has 2 heterocycles. The van der Waals surface area contributed by atoms with E-state index in [4.69, 9.17) is 4.74 Å². The van der Waals surface area contributed by atoms with Gasteiger partial charge in [0.15, 0.2) is 11.6 Å². The highest BCUT2D eigenvalue weighted by Crippen LogP contribution is 2.23. The van der Waals surface area contributed by atoms with Gasteiger partial charge in [-0.25, -0.2) is 4.39 Å². The number of amides is 1. The van der Waals surface area contributed by atoms with Crippen LogP contribution >= 0.6 is 12.4 Å². The number of nitrogens with one attached hydrogen (secondary N) is 1. The van der Waals surface area contributed by atoms with Crippen LogP contribution < -0.4 is 10.1 Å². The molecule has 1 aliphatic heterocycles. The van der Waals surface area contributed by atoms with Gasteiger partial charge in [-0.1, -0.05) is 12.1 Å². The fourth-order valence-electron chi connectivity index (χ4n) is 3.13. The molecule has 1 unspecified atom stereocenters. The van der Waals surface area contributed by atoms with Crippen LogP contribution in [-0.2, 0) is 11.2 Å². The van der Waals surface area contributed by atoms with E-state index in [2.05, 4.69) is 10.3 Å². The van der Waals surface area contributed by atoms with Crippen molar-refractivity contribution in [3.8, 4) is 5.75 Å². The van der Waals surface area contributed by atoms with Crippen LogP contribution in [0.25, 0.3) is 0 Å². The fraction of sp³-hybridized carbons (Fsp3) is 0.368. The van der Waals surface area contributed by atoms with Gasteiger partial charge in [0.2, 0.25) is 5.91 Å². The lowest BCUT2D eigenvalue weighted by atomic mass is 10.0. The predicted octanol–water partition coefficient (Wildman–Crippen LogP) is 2.76. The monoisotopic (exact) mass is 379 g/mol. The lowest BCUT2D eigenvalue weighted by molar-refractivity contribution is -0.134. The minimum atomic E-state index is -0.400. The Labute approximate surface area is 159 Å². The summed E-state index contributed by atoms with van der Waals surface area (Å²) in [5.74, 6) is -0.108. The van der Waals surface area contributed by atoms with E-state index in [1.165, 1.54) is 13.2 Å². The van der Waals surface area contributed by atoms with Crippen LogP contribution in [0.3, 0.4) is 0 Å². The van der Waals surface area contributed by atoms with Gasteiger partial charge in [0, 0.05) is 38.4 Å². The van der Waals surface area contributed by atoms with Crippen molar-refractivity contribution >= 4 is 18.3 Å². The normalized spacial score (nSPS) is 16.7. The van der Waals surface area contributed by atoms with Gasteiger partial charge in [0.05, 0.1) is 13.2 Å². The summed E-state index contributed by atoms with van der Waals surface area (Å²) in [5.41, 5.74) is 1.82. The molecule has 0 radical (unpaired) electrons. The van der Waals surface area contributed by atoms with Crippen LogP contribution in [0.1, 0.15) is 23.6 Å². The second kappa shape index (κ2) is 9.50. The Morgan fingerprint density at radius 1 is 1.42 bits per heavy atom. The lowest BCUT2D eigenvalue weighted by Gasteiger charge is -2.36. The molecule has 1 N–H and O–H groups in total. The molecule has 0 bridgehead atoms. The Morgan fingerprint density at radius 3 is 2.96 bits per heavy atom. The van der Waals surface area contributed by atoms with Crippen molar-refractivity contribution in [2.45, 2.75) is 18.9 Å². The lowest BCUT2D eigenvalue weighted by Crippen LogP contribution is -2.48. The number of ether oxygens (including phenoxy) is 1. The standard InChI is InChI=1S/C19H22FN3O2.ClH/c1-25-18-6-4-14(11-16(18)20)5-7-19(24)23-10-9-22-13-17(23)15-3-2-8-21-12-15;/h2-4,6,8,11-12,17,22H,5,7,9-10,13H2,1H3;1H. The topological polar surface area (TPSA) is 54.5 Å². The zero-order valence-electron chi connectivity index (χ0n) is 14.7. The SMILES string of the molecule is COc1ccc(CCC(=O)N2CCNCC2c2cccnc2)cc1F.Cl. The number of carbonyl (C=O) groups excluding carboxylic acids is 1. The Morgan fingerprint density at radius 2 is 2.27 bits per heavy atom. The van der Waals surface area contributed by atoms with Crippen LogP contribution in [0.2, 0.25) is 0 Å². The molecular weight excluding hydrogens is 357 g/mol. The molecule has 1 amide bonds. The van der Waals surface area contributed by atoms with Gasteiger partial charge in [0.25, 0.3) is 0 Å². The van der Waals surface area contributed by atoms with Gasteiger partial charge >= 0.3 is 0 Å². The number of halogens is 2. The Balaban J connectivity index is 0.00000243. The molecule has 1 aliphatic rings. The first-order valence-corrected chi connectivity index (χ1v) is 8.41. The van der Waals surface area contributed by atoms with Crippen LogP contribution in [0.5, 0.6) is 5.75 Å². The van der Waals surface area contributed by atoms with Gasteiger partial charge in [-0.15, -0.1) is 12.4 Å². The van der Waals surface area contributed by atoms with Crippen LogP contribution in [0.4, 0.5) is 4.39 Å². The highest BCUT2D eigenvalue weighted by molar-refractivity contribution is 5.85. The van der Waals surface area contributed by atoms with Crippen molar-refractivity contribution in [3.05, 3.63) is 59.7 Å². The van der Waals surface area contributed by atoms with E-state index in [0.29, 0.717) is 25.9 Å². The first-order chi connectivity index (χ1) is 12.2. The number of benzene rings is 1. The molecule has 26 heavy (non-hydrogen) atoms. The smallest absolute Gasteiger partial charge is 0.223 e. The number of aromatic nitrogens is 1. The highest BCUT2D eigenvalue weighted by atomic mass is 35.5. The van der Waals surface area contributed by atoms with E-state index in [1.54, 1.807) is 24.5 Å². The zero-order chi connectivity index (χ0) is 17.6. The number of nitrogens with zero attached hydrogens (tertiary/aromatic N) is 2.